The topological polar surface area (TPSA) is 110 Å². The SMILES string of the molecule is Cc1c(N2CC(=O)NS2(=O)=O)csc1-c1cccc([N+](=O)[O-])c1. The van der Waals surface area contributed by atoms with Crippen LogP contribution in [0, 0.1) is 17.0 Å². The summed E-state index contributed by atoms with van der Waals surface area (Å²) < 4.78 is 26.8. The standard InChI is InChI=1S/C13H11N3O5S2/c1-8-11(15-6-12(17)14-23(15,20)21)7-22-13(8)9-3-2-4-10(5-9)16(18)19/h2-5,7H,6H2,1H3,(H,14,17). The molecule has 1 N–H and O–H groups in total. The highest BCUT2D eigenvalue weighted by Gasteiger charge is 2.35. The van der Waals surface area contributed by atoms with Gasteiger partial charge < -0.3 is 0 Å². The molecule has 1 aliphatic heterocycles. The van der Waals surface area contributed by atoms with Gasteiger partial charge in [-0.15, -0.1) is 11.3 Å². The molecule has 23 heavy (non-hydrogen) atoms. The number of carbonyl (C=O) groups excluding carboxylic acids is 1. The lowest BCUT2D eigenvalue weighted by molar-refractivity contribution is -0.384. The van der Waals surface area contributed by atoms with Crippen molar-refractivity contribution in [1.82, 2.24) is 4.72 Å². The summed E-state index contributed by atoms with van der Waals surface area (Å²) in [6.45, 7) is 1.45. The number of nitro groups is 1. The van der Waals surface area contributed by atoms with Gasteiger partial charge in [0.1, 0.15) is 6.54 Å². The molecule has 0 saturated carbocycles. The van der Waals surface area contributed by atoms with Crippen LogP contribution in [-0.2, 0) is 15.0 Å². The Bertz CT molecular complexity index is 919. The minimum Gasteiger partial charge on any atom is -0.272 e. The van der Waals surface area contributed by atoms with Crippen molar-refractivity contribution in [3.8, 4) is 10.4 Å². The average molecular weight is 353 g/mol. The Morgan fingerprint density at radius 1 is 1.39 bits per heavy atom. The van der Waals surface area contributed by atoms with Crippen LogP contribution in [0.2, 0.25) is 0 Å². The number of hydrogen-bond acceptors (Lipinski definition) is 6. The molecule has 1 saturated heterocycles. The molecule has 0 bridgehead atoms. The first-order valence-corrected chi connectivity index (χ1v) is 8.78. The maximum Gasteiger partial charge on any atom is 0.326 e. The van der Waals surface area contributed by atoms with Gasteiger partial charge in [0.2, 0.25) is 0 Å². The number of non-ortho nitro benzene ring substituents is 1. The minimum absolute atomic E-state index is 0.0394. The third kappa shape index (κ3) is 2.66. The third-order valence-corrected chi connectivity index (χ3v) is 5.93. The number of rotatable bonds is 3. The highest BCUT2D eigenvalue weighted by molar-refractivity contribution is 7.92. The van der Waals surface area contributed by atoms with Crippen LogP contribution in [0.1, 0.15) is 5.56 Å². The van der Waals surface area contributed by atoms with Gasteiger partial charge in [0.15, 0.2) is 0 Å². The monoisotopic (exact) mass is 353 g/mol. The van der Waals surface area contributed by atoms with Gasteiger partial charge in [-0.05, 0) is 18.1 Å². The minimum atomic E-state index is -3.87. The summed E-state index contributed by atoms with van der Waals surface area (Å²) in [5, 5.41) is 12.5. The maximum atomic E-state index is 11.9. The Morgan fingerprint density at radius 2 is 2.13 bits per heavy atom. The van der Waals surface area contributed by atoms with E-state index >= 15 is 0 Å². The van der Waals surface area contributed by atoms with E-state index in [2.05, 4.69) is 0 Å². The molecule has 2 heterocycles. The average Bonchev–Trinajstić information content (AvgIpc) is 2.97. The van der Waals surface area contributed by atoms with Crippen molar-refractivity contribution >= 4 is 38.8 Å². The molecular formula is C13H11N3O5S2. The van der Waals surface area contributed by atoms with Crippen LogP contribution in [-0.4, -0.2) is 25.8 Å². The van der Waals surface area contributed by atoms with Crippen LogP contribution in [0.3, 0.4) is 0 Å². The molecule has 1 aromatic carbocycles. The largest absolute Gasteiger partial charge is 0.326 e. The third-order valence-electron chi connectivity index (χ3n) is 3.42. The molecule has 3 rings (SSSR count). The quantitative estimate of drug-likeness (QED) is 0.668. The van der Waals surface area contributed by atoms with Gasteiger partial charge >= 0.3 is 10.2 Å². The van der Waals surface area contributed by atoms with E-state index in [9.17, 15) is 23.3 Å². The van der Waals surface area contributed by atoms with Gasteiger partial charge in [0.05, 0.1) is 10.6 Å². The Morgan fingerprint density at radius 3 is 2.74 bits per heavy atom. The first-order chi connectivity index (χ1) is 10.8. The maximum absolute atomic E-state index is 11.9. The molecule has 0 unspecified atom stereocenters. The smallest absolute Gasteiger partial charge is 0.272 e. The normalized spacial score (nSPS) is 16.4. The summed E-state index contributed by atoms with van der Waals surface area (Å²) >= 11 is 1.27. The summed E-state index contributed by atoms with van der Waals surface area (Å²) in [6.07, 6.45) is 0. The van der Waals surface area contributed by atoms with E-state index in [0.717, 1.165) is 9.18 Å². The van der Waals surface area contributed by atoms with Gasteiger partial charge in [-0.3, -0.25) is 14.9 Å². The highest BCUT2D eigenvalue weighted by Crippen LogP contribution is 2.39. The van der Waals surface area contributed by atoms with Crippen LogP contribution in [0.15, 0.2) is 29.6 Å². The van der Waals surface area contributed by atoms with Gasteiger partial charge in [-0.2, -0.15) is 8.42 Å². The predicted molar refractivity (Wildman–Crippen MR) is 85.6 cm³/mol. The van der Waals surface area contributed by atoms with E-state index in [-0.39, 0.29) is 12.2 Å². The van der Waals surface area contributed by atoms with Gasteiger partial charge in [-0.1, -0.05) is 12.1 Å². The van der Waals surface area contributed by atoms with Crippen molar-refractivity contribution < 1.29 is 18.1 Å². The van der Waals surface area contributed by atoms with Crippen molar-refractivity contribution in [2.24, 2.45) is 0 Å². The van der Waals surface area contributed by atoms with Crippen molar-refractivity contribution in [2.75, 3.05) is 10.8 Å². The fraction of sp³-hybridized carbons (Fsp3) is 0.154. The lowest BCUT2D eigenvalue weighted by Crippen LogP contribution is -2.29. The van der Waals surface area contributed by atoms with Crippen LogP contribution in [0.25, 0.3) is 10.4 Å². The van der Waals surface area contributed by atoms with E-state index in [1.165, 1.54) is 23.5 Å². The molecule has 1 fully saturated rings. The molecule has 0 aliphatic carbocycles. The van der Waals surface area contributed by atoms with Crippen LogP contribution < -0.4 is 9.03 Å². The number of nitrogens with zero attached hydrogens (tertiary/aromatic N) is 2. The van der Waals surface area contributed by atoms with Gasteiger partial charge in [0, 0.05) is 22.4 Å². The lowest BCUT2D eigenvalue weighted by Gasteiger charge is -2.14. The van der Waals surface area contributed by atoms with E-state index in [1.54, 1.807) is 24.4 Å². The molecule has 0 radical (unpaired) electrons. The van der Waals surface area contributed by atoms with Crippen LogP contribution in [0.5, 0.6) is 0 Å². The Kier molecular flexibility index (Phi) is 3.57. The number of nitrogens with one attached hydrogen (secondary N) is 1. The first kappa shape index (κ1) is 15.4. The van der Waals surface area contributed by atoms with Gasteiger partial charge in [0.25, 0.3) is 11.6 Å². The van der Waals surface area contributed by atoms with Crippen LogP contribution in [0.4, 0.5) is 11.4 Å². The zero-order valence-corrected chi connectivity index (χ0v) is 13.5. The molecule has 1 aliphatic rings. The Balaban J connectivity index is 2.05. The number of anilines is 1. The second kappa shape index (κ2) is 5.32. The Hall–Kier alpha value is -2.46. The summed E-state index contributed by atoms with van der Waals surface area (Å²) in [5.41, 5.74) is 1.64. The second-order valence-corrected chi connectivity index (χ2v) is 7.39. The molecule has 8 nitrogen and oxygen atoms in total. The fourth-order valence-corrected chi connectivity index (χ4v) is 4.70. The van der Waals surface area contributed by atoms with E-state index in [1.807, 2.05) is 4.72 Å². The van der Waals surface area contributed by atoms with Crippen molar-refractivity contribution in [2.45, 2.75) is 6.92 Å². The molecule has 10 heteroatoms. The number of nitro benzene ring substituents is 1. The highest BCUT2D eigenvalue weighted by atomic mass is 32.2. The zero-order chi connectivity index (χ0) is 16.8. The molecule has 120 valence electrons. The predicted octanol–water partition coefficient (Wildman–Crippen LogP) is 1.81. The van der Waals surface area contributed by atoms with E-state index in [4.69, 9.17) is 0 Å². The number of benzene rings is 1. The Labute approximate surface area is 135 Å². The second-order valence-electron chi connectivity index (χ2n) is 4.92. The van der Waals surface area contributed by atoms with Crippen LogP contribution >= 0.6 is 11.3 Å². The fourth-order valence-electron chi connectivity index (χ4n) is 2.36. The molecular weight excluding hydrogens is 342 g/mol. The summed E-state index contributed by atoms with van der Waals surface area (Å²) in [7, 11) is -3.87. The number of thiophene rings is 1. The molecule has 1 amide bonds. The zero-order valence-electron chi connectivity index (χ0n) is 11.8. The van der Waals surface area contributed by atoms with Crippen molar-refractivity contribution in [1.29, 1.82) is 0 Å². The summed E-state index contributed by atoms with van der Waals surface area (Å²) in [5.74, 6) is -0.590. The van der Waals surface area contributed by atoms with Crippen molar-refractivity contribution in [3.63, 3.8) is 0 Å². The number of amides is 1. The summed E-state index contributed by atoms with van der Waals surface area (Å²) in [4.78, 5) is 22.5. The molecule has 0 spiro atoms. The number of carbonyl (C=O) groups is 1. The lowest BCUT2D eigenvalue weighted by atomic mass is 10.1. The van der Waals surface area contributed by atoms with Crippen molar-refractivity contribution in [3.05, 3.63) is 45.3 Å². The molecule has 1 aromatic heterocycles. The molecule has 2 aromatic rings. The number of hydrogen-bond donors (Lipinski definition) is 1. The van der Waals surface area contributed by atoms with Gasteiger partial charge in [-0.25, -0.2) is 9.03 Å². The van der Waals surface area contributed by atoms with E-state index < -0.39 is 21.0 Å². The molecule has 0 atom stereocenters. The first-order valence-electron chi connectivity index (χ1n) is 6.46. The summed E-state index contributed by atoms with van der Waals surface area (Å²) in [6, 6.07) is 6.12. The van der Waals surface area contributed by atoms with E-state index in [0.29, 0.717) is 16.8 Å².